The van der Waals surface area contributed by atoms with Crippen molar-refractivity contribution >= 4 is 34.2 Å². The molecule has 0 fully saturated rings. The number of carbonyl (C=O) groups is 1. The molecule has 0 saturated heterocycles. The molecule has 0 unspecified atom stereocenters. The zero-order chi connectivity index (χ0) is 12.9. The van der Waals surface area contributed by atoms with E-state index >= 15 is 0 Å². The molecule has 0 amide bonds. The van der Waals surface area contributed by atoms with Crippen molar-refractivity contribution in [3.05, 3.63) is 0 Å². The van der Waals surface area contributed by atoms with Gasteiger partial charge in [-0.1, -0.05) is 23.1 Å². The van der Waals surface area contributed by atoms with Gasteiger partial charge in [0.25, 0.3) is 0 Å². The van der Waals surface area contributed by atoms with Gasteiger partial charge in [-0.25, -0.2) is 0 Å². The Bertz CT molecular complexity index is 383. The molecule has 1 heterocycles. The van der Waals surface area contributed by atoms with E-state index in [0.29, 0.717) is 4.34 Å². The third-order valence-electron chi connectivity index (χ3n) is 1.39. The number of carbonyl (C=O) groups excluding carboxylic acids is 1. The Morgan fingerprint density at radius 3 is 2.82 bits per heavy atom. The van der Waals surface area contributed by atoms with Crippen LogP contribution < -0.4 is 5.32 Å². The summed E-state index contributed by atoms with van der Waals surface area (Å²) >= 11 is 2.00. The fourth-order valence-corrected chi connectivity index (χ4v) is 2.28. The Balaban J connectivity index is 2.40. The van der Waals surface area contributed by atoms with E-state index in [-0.39, 0.29) is 10.9 Å². The van der Waals surface area contributed by atoms with E-state index in [2.05, 4.69) is 20.3 Å². The molecule has 17 heavy (non-hydrogen) atoms. The topological polar surface area (TPSA) is 64.1 Å². The van der Waals surface area contributed by atoms with E-state index in [0.717, 1.165) is 23.1 Å². The molecule has 1 rings (SSSR count). The van der Waals surface area contributed by atoms with Crippen molar-refractivity contribution in [3.63, 3.8) is 0 Å². The van der Waals surface area contributed by atoms with E-state index in [9.17, 15) is 18.0 Å². The van der Waals surface area contributed by atoms with Crippen LogP contribution in [-0.4, -0.2) is 41.8 Å². The van der Waals surface area contributed by atoms with Gasteiger partial charge in [0.1, 0.15) is 6.54 Å². The van der Waals surface area contributed by atoms with Gasteiger partial charge in [-0.15, -0.1) is 10.2 Å². The number of nitrogens with one attached hydrogen (secondary N) is 1. The van der Waals surface area contributed by atoms with Crippen molar-refractivity contribution in [2.45, 2.75) is 10.5 Å². The van der Waals surface area contributed by atoms with Crippen LogP contribution in [0.1, 0.15) is 0 Å². The number of hydrogen-bond donors (Lipinski definition) is 1. The van der Waals surface area contributed by atoms with Gasteiger partial charge in [0, 0.05) is 0 Å². The van der Waals surface area contributed by atoms with Crippen molar-refractivity contribution in [1.82, 2.24) is 10.2 Å². The number of alkyl halides is 3. The molecule has 0 radical (unpaired) electrons. The van der Waals surface area contributed by atoms with Crippen LogP contribution in [0.4, 0.5) is 18.3 Å². The van der Waals surface area contributed by atoms with E-state index in [4.69, 9.17) is 0 Å². The lowest BCUT2D eigenvalue weighted by molar-refractivity contribution is -0.137. The van der Waals surface area contributed by atoms with Gasteiger partial charge in [-0.05, 0) is 0 Å². The molecular weight excluding hydrogens is 279 g/mol. The number of rotatable bonds is 5. The average molecular weight is 287 g/mol. The van der Waals surface area contributed by atoms with Crippen LogP contribution in [0.25, 0.3) is 0 Å². The predicted octanol–water partition coefficient (Wildman–Crippen LogP) is 1.78. The minimum absolute atomic E-state index is 0.0460. The average Bonchev–Trinajstić information content (AvgIpc) is 2.70. The lowest BCUT2D eigenvalue weighted by Crippen LogP contribution is -2.21. The first kappa shape index (κ1) is 14.0. The highest BCUT2D eigenvalue weighted by Gasteiger charge is 2.27. The first-order valence-electron chi connectivity index (χ1n) is 4.24. The highest BCUT2D eigenvalue weighted by atomic mass is 32.2. The maximum Gasteiger partial charge on any atom is 0.405 e. The molecule has 0 aliphatic heterocycles. The second-order valence-electron chi connectivity index (χ2n) is 2.71. The van der Waals surface area contributed by atoms with Crippen molar-refractivity contribution < 1.29 is 22.7 Å². The zero-order valence-electron chi connectivity index (χ0n) is 8.58. The summed E-state index contributed by atoms with van der Waals surface area (Å²) in [6, 6.07) is 0. The van der Waals surface area contributed by atoms with E-state index in [1.165, 1.54) is 7.11 Å². The van der Waals surface area contributed by atoms with Gasteiger partial charge in [-0.3, -0.25) is 4.79 Å². The van der Waals surface area contributed by atoms with Crippen LogP contribution in [0.15, 0.2) is 4.34 Å². The Morgan fingerprint density at radius 2 is 2.24 bits per heavy atom. The Labute approximate surface area is 103 Å². The number of ether oxygens (including phenoxy) is 1. The molecule has 96 valence electrons. The molecule has 10 heteroatoms. The first-order valence-corrected chi connectivity index (χ1v) is 6.04. The van der Waals surface area contributed by atoms with Gasteiger partial charge < -0.3 is 10.1 Å². The summed E-state index contributed by atoms with van der Waals surface area (Å²) in [6.45, 7) is -1.16. The summed E-state index contributed by atoms with van der Waals surface area (Å²) in [5.74, 6) is -0.389. The Hall–Kier alpha value is -1.03. The molecule has 0 aliphatic carbocycles. The van der Waals surface area contributed by atoms with Crippen molar-refractivity contribution in [2.24, 2.45) is 0 Å². The highest BCUT2D eigenvalue weighted by molar-refractivity contribution is 8.01. The molecule has 5 nitrogen and oxygen atoms in total. The molecule has 0 saturated carbocycles. The molecule has 0 spiro atoms. The summed E-state index contributed by atoms with van der Waals surface area (Å²) in [7, 11) is 1.25. The van der Waals surface area contributed by atoms with Crippen molar-refractivity contribution in [3.8, 4) is 0 Å². The van der Waals surface area contributed by atoms with E-state index < -0.39 is 18.7 Å². The van der Waals surface area contributed by atoms with E-state index in [1.807, 2.05) is 0 Å². The quantitative estimate of drug-likeness (QED) is 0.658. The van der Waals surface area contributed by atoms with Crippen molar-refractivity contribution in [1.29, 1.82) is 0 Å². The highest BCUT2D eigenvalue weighted by Crippen LogP contribution is 2.26. The van der Waals surface area contributed by atoms with Crippen LogP contribution in [0.5, 0.6) is 0 Å². The normalized spacial score (nSPS) is 11.3. The fourth-order valence-electron chi connectivity index (χ4n) is 0.695. The van der Waals surface area contributed by atoms with E-state index in [1.54, 1.807) is 0 Å². The summed E-state index contributed by atoms with van der Waals surface area (Å²) in [4.78, 5) is 10.8. The summed E-state index contributed by atoms with van der Waals surface area (Å²) in [5.41, 5.74) is 0. The summed E-state index contributed by atoms with van der Waals surface area (Å²) < 4.78 is 40.4. The molecule has 0 aromatic carbocycles. The maximum atomic E-state index is 11.9. The molecule has 0 aliphatic rings. The first-order chi connectivity index (χ1) is 7.90. The van der Waals surface area contributed by atoms with Crippen LogP contribution in [0, 0.1) is 0 Å². The van der Waals surface area contributed by atoms with Gasteiger partial charge >= 0.3 is 12.1 Å². The molecule has 0 atom stereocenters. The largest absolute Gasteiger partial charge is 0.468 e. The number of anilines is 1. The summed E-state index contributed by atoms with van der Waals surface area (Å²) in [5, 5.41) is 9.29. The minimum Gasteiger partial charge on any atom is -0.468 e. The number of thioether (sulfide) groups is 1. The number of esters is 1. The molecule has 1 N–H and O–H groups in total. The smallest absolute Gasteiger partial charge is 0.405 e. The Kier molecular flexibility index (Phi) is 5.00. The zero-order valence-corrected chi connectivity index (χ0v) is 10.2. The number of halogens is 3. The van der Waals surface area contributed by atoms with Gasteiger partial charge in [0.2, 0.25) is 5.13 Å². The number of aromatic nitrogens is 2. The summed E-state index contributed by atoms with van der Waals surface area (Å²) in [6.07, 6.45) is -4.30. The van der Waals surface area contributed by atoms with Gasteiger partial charge in [-0.2, -0.15) is 13.2 Å². The molecule has 1 aromatic heterocycles. The lowest BCUT2D eigenvalue weighted by atomic mass is 10.6. The van der Waals surface area contributed by atoms with Crippen LogP contribution in [0.3, 0.4) is 0 Å². The third-order valence-corrected chi connectivity index (χ3v) is 3.38. The monoisotopic (exact) mass is 287 g/mol. The SMILES string of the molecule is COC(=O)CSc1nnc(NCC(F)(F)F)s1. The van der Waals surface area contributed by atoms with Crippen LogP contribution >= 0.6 is 23.1 Å². The van der Waals surface area contributed by atoms with Crippen molar-refractivity contribution in [2.75, 3.05) is 24.7 Å². The standard InChI is InChI=1S/C7H8F3N3O2S2/c1-15-4(14)2-16-6-13-12-5(17-6)11-3-7(8,9)10/h2-3H2,1H3,(H,11,12). The van der Waals surface area contributed by atoms with Gasteiger partial charge in [0.05, 0.1) is 12.9 Å². The third kappa shape index (κ3) is 5.73. The molecular formula is C7H8F3N3O2S2. The number of nitrogens with zero attached hydrogens (tertiary/aromatic N) is 2. The second kappa shape index (κ2) is 6.05. The Morgan fingerprint density at radius 1 is 1.53 bits per heavy atom. The van der Waals surface area contributed by atoms with Crippen LogP contribution in [0.2, 0.25) is 0 Å². The molecule has 0 bridgehead atoms. The number of methoxy groups -OCH3 is 1. The van der Waals surface area contributed by atoms with Crippen LogP contribution in [-0.2, 0) is 9.53 Å². The fraction of sp³-hybridized carbons (Fsp3) is 0.571. The van der Waals surface area contributed by atoms with Gasteiger partial charge in [0.15, 0.2) is 4.34 Å². The maximum absolute atomic E-state index is 11.9. The lowest BCUT2D eigenvalue weighted by Gasteiger charge is -2.05. The number of hydrogen-bond acceptors (Lipinski definition) is 7. The second-order valence-corrected chi connectivity index (χ2v) is 4.91. The molecule has 1 aromatic rings. The predicted molar refractivity (Wildman–Crippen MR) is 57.2 cm³/mol. The minimum atomic E-state index is -4.30.